The van der Waals surface area contributed by atoms with E-state index in [0.717, 1.165) is 32.7 Å². The van der Waals surface area contributed by atoms with Gasteiger partial charge in [-0.1, -0.05) is 98.1 Å². The van der Waals surface area contributed by atoms with Gasteiger partial charge in [-0.2, -0.15) is 0 Å². The highest BCUT2D eigenvalue weighted by atomic mass is 16.5. The van der Waals surface area contributed by atoms with Crippen molar-refractivity contribution in [2.75, 3.05) is 33.4 Å². The fourth-order valence-electron chi connectivity index (χ4n) is 4.91. The van der Waals surface area contributed by atoms with Crippen LogP contribution in [0.5, 0.6) is 0 Å². The molecule has 51 heavy (non-hydrogen) atoms. The average Bonchev–Trinajstić information content (AvgIpc) is 3.04. The van der Waals surface area contributed by atoms with Crippen molar-refractivity contribution in [2.45, 2.75) is 53.0 Å². The number of quaternary nitrogens is 2. The van der Waals surface area contributed by atoms with Gasteiger partial charge in [0.15, 0.2) is 0 Å². The summed E-state index contributed by atoms with van der Waals surface area (Å²) in [4.78, 5) is 43.9. The Bertz CT molecular complexity index is 1690. The van der Waals surface area contributed by atoms with E-state index in [1.54, 1.807) is 13.8 Å². The van der Waals surface area contributed by atoms with Crippen LogP contribution in [0.3, 0.4) is 0 Å². The first-order valence-corrected chi connectivity index (χ1v) is 16.3. The number of benzene rings is 4. The van der Waals surface area contributed by atoms with Crippen molar-refractivity contribution >= 4 is 45.4 Å². The molecule has 10 nitrogen and oxygen atoms in total. The molecule has 4 aromatic rings. The normalized spacial score (nSPS) is 10.7. The summed E-state index contributed by atoms with van der Waals surface area (Å²) in [5.41, 5.74) is 2.32. The Morgan fingerprint density at radius 1 is 0.627 bits per heavy atom. The van der Waals surface area contributed by atoms with Crippen LogP contribution in [0.2, 0.25) is 0 Å². The Hall–Kier alpha value is -5.32. The minimum Gasteiger partial charge on any atom is -0.550 e. The third-order valence-electron chi connectivity index (χ3n) is 8.38. The van der Waals surface area contributed by atoms with Crippen LogP contribution >= 0.6 is 0 Å². The van der Waals surface area contributed by atoms with E-state index in [4.69, 9.17) is 9.47 Å². The smallest absolute Gasteiger partial charge is 0.333 e. The van der Waals surface area contributed by atoms with E-state index in [0.29, 0.717) is 41.9 Å². The number of aliphatic carboxylic acids is 2. The highest BCUT2D eigenvalue weighted by Gasteiger charge is 2.36. The molecule has 4 N–H and O–H groups in total. The van der Waals surface area contributed by atoms with E-state index in [1.165, 1.54) is 0 Å². The molecule has 274 valence electrons. The lowest BCUT2D eigenvalue weighted by atomic mass is 10.0. The number of hydrogen-bond donors (Lipinski definition) is 1. The molecular weight excluding hydrogens is 648 g/mol. The molecule has 0 bridgehead atoms. The maximum absolute atomic E-state index is 11.4. The number of ether oxygens (including phenoxy) is 2. The van der Waals surface area contributed by atoms with E-state index in [1.807, 2.05) is 84.9 Å². The molecule has 0 atom stereocenters. The first-order valence-electron chi connectivity index (χ1n) is 16.3. The molecule has 0 aliphatic carbocycles. The molecule has 0 amide bonds. The number of hydrogen-bond acceptors (Lipinski definition) is 8. The minimum absolute atomic E-state index is 0. The molecule has 4 aromatic carbocycles. The summed E-state index contributed by atoms with van der Waals surface area (Å²) in [6.07, 6.45) is -0.0529. The van der Waals surface area contributed by atoms with Crippen molar-refractivity contribution in [1.82, 2.24) is 6.15 Å². The summed E-state index contributed by atoms with van der Waals surface area (Å²) in [7, 11) is 2.06. The quantitative estimate of drug-likeness (QED) is 0.121. The van der Waals surface area contributed by atoms with Crippen LogP contribution in [-0.2, 0) is 41.5 Å². The monoisotopic (exact) mass is 700 g/mol. The van der Waals surface area contributed by atoms with Crippen molar-refractivity contribution < 1.29 is 43.3 Å². The lowest BCUT2D eigenvalue weighted by molar-refractivity contribution is -0.953. The first-order chi connectivity index (χ1) is 23.4. The molecule has 0 aliphatic heterocycles. The maximum Gasteiger partial charge on any atom is 0.333 e. The highest BCUT2D eigenvalue weighted by Crippen LogP contribution is 2.22. The SMILES string of the molecule is C=C(C)C(=O)OCC[N+](C)(CCOC(=O)C(=C)C)C(C)(C)C.O=C([O-])Cc1cccc2ccccc12.O=C([O-])Cc1cccc2ccccc12.[NH4+]. The second kappa shape index (κ2) is 20.4. The number of nitrogens with zero attached hydrogens (tertiary/aromatic N) is 1. The number of carbonyl (C=O) groups is 4. The Morgan fingerprint density at radius 3 is 1.27 bits per heavy atom. The van der Waals surface area contributed by atoms with Gasteiger partial charge >= 0.3 is 11.9 Å². The van der Waals surface area contributed by atoms with Crippen LogP contribution in [0.1, 0.15) is 45.7 Å². The molecule has 4 rings (SSSR count). The van der Waals surface area contributed by atoms with Crippen LogP contribution in [0.25, 0.3) is 21.5 Å². The van der Waals surface area contributed by atoms with Crippen LogP contribution < -0.4 is 16.4 Å². The van der Waals surface area contributed by atoms with Gasteiger partial charge in [0.25, 0.3) is 0 Å². The summed E-state index contributed by atoms with van der Waals surface area (Å²) < 4.78 is 11.0. The fourth-order valence-corrected chi connectivity index (χ4v) is 4.91. The number of fused-ring (bicyclic) bond motifs is 2. The second-order valence-corrected chi connectivity index (χ2v) is 13.2. The number of carbonyl (C=O) groups excluding carboxylic acids is 4. The molecule has 0 fully saturated rings. The molecule has 10 heteroatoms. The molecule has 0 saturated carbocycles. The molecule has 0 radical (unpaired) electrons. The molecule has 0 saturated heterocycles. The standard InChI is InChI=1S/C17H30NO4.2C12H10O2.H3N/c1-13(2)15(19)21-11-9-18(8,17(5,6)7)10-12-22-16(20)14(3)4;2*13-12(14)8-10-6-3-5-9-4-1-2-7-11(9)10;/h1,3,9-12H2,2,4-8H3;2*1-7H,8H2,(H,13,14);1H3/q+1;;;/p-1. The fraction of sp³-hybridized carbons (Fsp3) is 0.317. The zero-order valence-electron chi connectivity index (χ0n) is 31.0. The van der Waals surface area contributed by atoms with Gasteiger partial charge in [0.1, 0.15) is 26.3 Å². The lowest BCUT2D eigenvalue weighted by Crippen LogP contribution is -2.60. The van der Waals surface area contributed by atoms with Crippen LogP contribution in [0.15, 0.2) is 109 Å². The Labute approximate surface area is 301 Å². The van der Waals surface area contributed by atoms with Crippen LogP contribution in [0.4, 0.5) is 0 Å². The number of carboxylic acid groups (broad SMARTS) is 2. The third-order valence-corrected chi connectivity index (χ3v) is 8.38. The van der Waals surface area contributed by atoms with E-state index >= 15 is 0 Å². The summed E-state index contributed by atoms with van der Waals surface area (Å²) in [6, 6.07) is 26.8. The Morgan fingerprint density at radius 2 is 0.961 bits per heavy atom. The molecule has 0 heterocycles. The lowest BCUT2D eigenvalue weighted by Gasteiger charge is -2.45. The Kier molecular flexibility index (Phi) is 17.5. The molecular formula is C41H52N2O8. The minimum atomic E-state index is -1.04. The van der Waals surface area contributed by atoms with Crippen LogP contribution in [0, 0.1) is 0 Å². The Balaban J connectivity index is 0.000000391. The van der Waals surface area contributed by atoms with Gasteiger partial charge in [0.2, 0.25) is 0 Å². The van der Waals surface area contributed by atoms with Crippen molar-refractivity contribution in [3.8, 4) is 0 Å². The topological polar surface area (TPSA) is 169 Å². The molecule has 0 aliphatic rings. The van der Waals surface area contributed by atoms with Gasteiger partial charge in [-0.05, 0) is 67.3 Å². The van der Waals surface area contributed by atoms with E-state index in [-0.39, 0.29) is 36.5 Å². The number of rotatable bonds is 12. The molecule has 0 unspecified atom stereocenters. The third kappa shape index (κ3) is 14.2. The first kappa shape index (κ1) is 43.7. The van der Waals surface area contributed by atoms with Gasteiger partial charge in [-0.3, -0.25) is 0 Å². The second-order valence-electron chi connectivity index (χ2n) is 13.2. The van der Waals surface area contributed by atoms with Crippen LogP contribution in [-0.4, -0.2) is 67.3 Å². The highest BCUT2D eigenvalue weighted by molar-refractivity contribution is 5.89. The summed E-state index contributed by atoms with van der Waals surface area (Å²) in [6.45, 7) is 18.5. The number of esters is 2. The zero-order chi connectivity index (χ0) is 37.5. The summed E-state index contributed by atoms with van der Waals surface area (Å²) in [5, 5.41) is 25.1. The van der Waals surface area contributed by atoms with E-state index < -0.39 is 11.9 Å². The average molecular weight is 701 g/mol. The molecule has 0 aromatic heterocycles. The predicted octanol–water partition coefficient (Wildman–Crippen LogP) is 5.11. The van der Waals surface area contributed by atoms with Gasteiger partial charge in [0, 0.05) is 35.9 Å². The van der Waals surface area contributed by atoms with Crippen molar-refractivity contribution in [3.05, 3.63) is 120 Å². The van der Waals surface area contributed by atoms with Gasteiger partial charge in [0.05, 0.1) is 12.6 Å². The van der Waals surface area contributed by atoms with Gasteiger partial charge in [-0.25, -0.2) is 9.59 Å². The van der Waals surface area contributed by atoms with E-state index in [9.17, 15) is 29.4 Å². The largest absolute Gasteiger partial charge is 0.550 e. The summed E-state index contributed by atoms with van der Waals surface area (Å²) >= 11 is 0. The summed E-state index contributed by atoms with van der Waals surface area (Å²) in [5.74, 6) is -2.84. The number of likely N-dealkylation sites (N-methyl/N-ethyl adjacent to an activating group) is 1. The van der Waals surface area contributed by atoms with Crippen molar-refractivity contribution in [3.63, 3.8) is 0 Å². The van der Waals surface area contributed by atoms with E-state index in [2.05, 4.69) is 41.0 Å². The van der Waals surface area contributed by atoms with Gasteiger partial charge in [-0.15, -0.1) is 0 Å². The van der Waals surface area contributed by atoms with Gasteiger partial charge < -0.3 is 39.9 Å². The molecule has 0 spiro atoms. The maximum atomic E-state index is 11.4. The van der Waals surface area contributed by atoms with Crippen molar-refractivity contribution in [2.24, 2.45) is 0 Å². The van der Waals surface area contributed by atoms with Crippen molar-refractivity contribution in [1.29, 1.82) is 0 Å². The predicted molar refractivity (Wildman–Crippen MR) is 199 cm³/mol. The number of carboxylic acids is 2. The zero-order valence-corrected chi connectivity index (χ0v) is 31.0.